The Morgan fingerprint density at radius 1 is 1.56 bits per heavy atom. The highest BCUT2D eigenvalue weighted by Crippen LogP contribution is 2.13. The highest BCUT2D eigenvalue weighted by Gasteiger charge is 2.21. The fourth-order valence-corrected chi connectivity index (χ4v) is 1.95. The second-order valence-electron chi connectivity index (χ2n) is 3.90. The Labute approximate surface area is 103 Å². The average molecular weight is 284 g/mol. The largest absolute Gasteiger partial charge is 0.373 e. The van der Waals surface area contributed by atoms with Gasteiger partial charge in [0.25, 0.3) is 0 Å². The standard InChI is InChI=1S/C12H14BrNO2/c13-10-3-1-2-9(6-10)7-12(15)14-5-4-11-8-16-11/h1-3,6,11H,4-5,7-8H2,(H,14,15). The van der Waals surface area contributed by atoms with Crippen LogP contribution in [0.25, 0.3) is 0 Å². The van der Waals surface area contributed by atoms with Gasteiger partial charge in [0.1, 0.15) is 0 Å². The molecular weight excluding hydrogens is 270 g/mol. The van der Waals surface area contributed by atoms with Crippen molar-refractivity contribution in [2.24, 2.45) is 0 Å². The van der Waals surface area contributed by atoms with E-state index in [9.17, 15) is 4.79 Å². The van der Waals surface area contributed by atoms with Crippen molar-refractivity contribution in [2.75, 3.05) is 13.2 Å². The molecule has 0 aromatic heterocycles. The number of carbonyl (C=O) groups excluding carboxylic acids is 1. The van der Waals surface area contributed by atoms with Gasteiger partial charge in [-0.05, 0) is 24.1 Å². The van der Waals surface area contributed by atoms with Gasteiger partial charge in [-0.1, -0.05) is 28.1 Å². The van der Waals surface area contributed by atoms with E-state index in [1.165, 1.54) is 0 Å². The number of nitrogens with one attached hydrogen (secondary N) is 1. The fourth-order valence-electron chi connectivity index (χ4n) is 1.50. The number of rotatable bonds is 5. The minimum atomic E-state index is 0.0683. The van der Waals surface area contributed by atoms with E-state index in [0.717, 1.165) is 23.1 Å². The highest BCUT2D eigenvalue weighted by atomic mass is 79.9. The van der Waals surface area contributed by atoms with Crippen LogP contribution < -0.4 is 5.32 Å². The molecule has 4 heteroatoms. The summed E-state index contributed by atoms with van der Waals surface area (Å²) >= 11 is 3.38. The van der Waals surface area contributed by atoms with Gasteiger partial charge in [-0.3, -0.25) is 4.79 Å². The summed E-state index contributed by atoms with van der Waals surface area (Å²) in [5, 5.41) is 2.89. The van der Waals surface area contributed by atoms with Crippen LogP contribution in [0, 0.1) is 0 Å². The van der Waals surface area contributed by atoms with Gasteiger partial charge < -0.3 is 10.1 Å². The first-order chi connectivity index (χ1) is 7.74. The van der Waals surface area contributed by atoms with Crippen LogP contribution in [0.1, 0.15) is 12.0 Å². The molecule has 1 aromatic rings. The number of amides is 1. The third-order valence-corrected chi connectivity index (χ3v) is 2.94. The minimum absolute atomic E-state index is 0.0683. The zero-order valence-electron chi connectivity index (χ0n) is 8.91. The van der Waals surface area contributed by atoms with E-state index in [0.29, 0.717) is 19.1 Å². The molecule has 1 atom stereocenters. The summed E-state index contributed by atoms with van der Waals surface area (Å²) in [6.07, 6.45) is 1.74. The van der Waals surface area contributed by atoms with Crippen LogP contribution in [-0.4, -0.2) is 25.2 Å². The van der Waals surface area contributed by atoms with Crippen molar-refractivity contribution in [2.45, 2.75) is 18.9 Å². The van der Waals surface area contributed by atoms with Gasteiger partial charge in [0.05, 0.1) is 19.1 Å². The maximum absolute atomic E-state index is 11.6. The van der Waals surface area contributed by atoms with Gasteiger partial charge in [-0.15, -0.1) is 0 Å². The first kappa shape index (κ1) is 11.6. The average Bonchev–Trinajstić information content (AvgIpc) is 3.01. The molecule has 16 heavy (non-hydrogen) atoms. The molecule has 0 bridgehead atoms. The van der Waals surface area contributed by atoms with Crippen molar-refractivity contribution in [1.82, 2.24) is 5.32 Å². The Morgan fingerprint density at radius 2 is 2.38 bits per heavy atom. The Hall–Kier alpha value is -0.870. The third-order valence-electron chi connectivity index (χ3n) is 2.44. The first-order valence-electron chi connectivity index (χ1n) is 5.37. The van der Waals surface area contributed by atoms with E-state index >= 15 is 0 Å². The summed E-state index contributed by atoms with van der Waals surface area (Å²) in [6, 6.07) is 7.80. The molecule has 86 valence electrons. The van der Waals surface area contributed by atoms with Gasteiger partial charge in [0.15, 0.2) is 0 Å². The number of ether oxygens (including phenoxy) is 1. The van der Waals surface area contributed by atoms with Crippen LogP contribution in [0.4, 0.5) is 0 Å². The Kier molecular flexibility index (Phi) is 3.96. The van der Waals surface area contributed by atoms with Crippen LogP contribution in [0.2, 0.25) is 0 Å². The quantitative estimate of drug-likeness (QED) is 0.839. The molecule has 0 radical (unpaired) electrons. The predicted molar refractivity (Wildman–Crippen MR) is 65.2 cm³/mol. The number of epoxide rings is 1. The molecule has 0 saturated carbocycles. The van der Waals surface area contributed by atoms with Crippen LogP contribution in [0.3, 0.4) is 0 Å². The van der Waals surface area contributed by atoms with E-state index in [4.69, 9.17) is 4.74 Å². The van der Waals surface area contributed by atoms with Crippen molar-refractivity contribution in [1.29, 1.82) is 0 Å². The molecule has 1 aromatic carbocycles. The number of benzene rings is 1. The molecule has 1 amide bonds. The lowest BCUT2D eigenvalue weighted by Crippen LogP contribution is -2.26. The zero-order valence-corrected chi connectivity index (χ0v) is 10.5. The van der Waals surface area contributed by atoms with Crippen molar-refractivity contribution >= 4 is 21.8 Å². The molecule has 1 saturated heterocycles. The van der Waals surface area contributed by atoms with E-state index in [1.54, 1.807) is 0 Å². The lowest BCUT2D eigenvalue weighted by atomic mass is 10.1. The van der Waals surface area contributed by atoms with Crippen molar-refractivity contribution < 1.29 is 9.53 Å². The first-order valence-corrected chi connectivity index (χ1v) is 6.16. The van der Waals surface area contributed by atoms with Gasteiger partial charge in [0, 0.05) is 11.0 Å². The summed E-state index contributed by atoms with van der Waals surface area (Å²) in [4.78, 5) is 11.6. The summed E-state index contributed by atoms with van der Waals surface area (Å²) in [6.45, 7) is 1.55. The van der Waals surface area contributed by atoms with E-state index < -0.39 is 0 Å². The molecule has 3 nitrogen and oxygen atoms in total. The molecule has 1 fully saturated rings. The maximum atomic E-state index is 11.6. The molecule has 1 heterocycles. The SMILES string of the molecule is O=C(Cc1cccc(Br)c1)NCCC1CO1. The molecule has 2 rings (SSSR count). The molecule has 1 N–H and O–H groups in total. The van der Waals surface area contributed by atoms with Gasteiger partial charge in [-0.2, -0.15) is 0 Å². The maximum Gasteiger partial charge on any atom is 0.224 e. The van der Waals surface area contributed by atoms with Crippen LogP contribution in [0.5, 0.6) is 0 Å². The van der Waals surface area contributed by atoms with Gasteiger partial charge >= 0.3 is 0 Å². The van der Waals surface area contributed by atoms with Gasteiger partial charge in [-0.25, -0.2) is 0 Å². The number of hydrogen-bond acceptors (Lipinski definition) is 2. The van der Waals surface area contributed by atoms with Crippen molar-refractivity contribution in [3.8, 4) is 0 Å². The lowest BCUT2D eigenvalue weighted by molar-refractivity contribution is -0.120. The number of carbonyl (C=O) groups is 1. The molecule has 0 spiro atoms. The van der Waals surface area contributed by atoms with Crippen molar-refractivity contribution in [3.63, 3.8) is 0 Å². The normalized spacial score (nSPS) is 18.2. The zero-order chi connectivity index (χ0) is 11.4. The fraction of sp³-hybridized carbons (Fsp3) is 0.417. The van der Waals surface area contributed by atoms with Crippen LogP contribution in [0.15, 0.2) is 28.7 Å². The molecule has 1 aliphatic rings. The van der Waals surface area contributed by atoms with E-state index in [-0.39, 0.29) is 5.91 Å². The number of halogens is 1. The Morgan fingerprint density at radius 3 is 3.06 bits per heavy atom. The minimum Gasteiger partial charge on any atom is -0.373 e. The van der Waals surface area contributed by atoms with Crippen LogP contribution >= 0.6 is 15.9 Å². The predicted octanol–water partition coefficient (Wildman–Crippen LogP) is 1.90. The summed E-state index contributed by atoms with van der Waals surface area (Å²) < 4.78 is 6.07. The monoisotopic (exact) mass is 283 g/mol. The molecular formula is C12H14BrNO2. The molecule has 1 aliphatic heterocycles. The third kappa shape index (κ3) is 3.94. The highest BCUT2D eigenvalue weighted by molar-refractivity contribution is 9.10. The lowest BCUT2D eigenvalue weighted by Gasteiger charge is -2.04. The second kappa shape index (κ2) is 5.46. The van der Waals surface area contributed by atoms with Gasteiger partial charge in [0.2, 0.25) is 5.91 Å². The molecule has 1 unspecified atom stereocenters. The molecule has 0 aliphatic carbocycles. The summed E-state index contributed by atoms with van der Waals surface area (Å²) in [5.74, 6) is 0.0683. The number of hydrogen-bond donors (Lipinski definition) is 1. The Balaban J connectivity index is 1.73. The van der Waals surface area contributed by atoms with Crippen LogP contribution in [-0.2, 0) is 16.0 Å². The summed E-state index contributed by atoms with van der Waals surface area (Å²) in [5.41, 5.74) is 1.02. The Bertz CT molecular complexity index is 377. The smallest absolute Gasteiger partial charge is 0.224 e. The second-order valence-corrected chi connectivity index (χ2v) is 4.82. The van der Waals surface area contributed by atoms with E-state index in [1.807, 2.05) is 24.3 Å². The topological polar surface area (TPSA) is 41.6 Å². The summed E-state index contributed by atoms with van der Waals surface area (Å²) in [7, 11) is 0. The van der Waals surface area contributed by atoms with E-state index in [2.05, 4.69) is 21.2 Å². The van der Waals surface area contributed by atoms with Crippen molar-refractivity contribution in [3.05, 3.63) is 34.3 Å².